The van der Waals surface area contributed by atoms with Crippen molar-refractivity contribution in [3.05, 3.63) is 51.5 Å². The standard InChI is InChI=1S/C15H14N2O2S/c1-11-17-14(10-20-11)15(19)16-9-13-6-4-12(5-7-13)3-2-8-18/h4-7,10,18H,8-9H2,1H3,(H,16,19). The summed E-state index contributed by atoms with van der Waals surface area (Å²) in [6.45, 7) is 2.17. The van der Waals surface area contributed by atoms with E-state index in [1.165, 1.54) is 11.3 Å². The average molecular weight is 286 g/mol. The zero-order chi connectivity index (χ0) is 14.4. The SMILES string of the molecule is Cc1nc(C(=O)NCc2ccc(C#CCO)cc2)cs1. The van der Waals surface area contributed by atoms with Crippen LogP contribution in [0.25, 0.3) is 0 Å². The van der Waals surface area contributed by atoms with Gasteiger partial charge in [-0.25, -0.2) is 4.98 Å². The van der Waals surface area contributed by atoms with Crippen LogP contribution in [-0.2, 0) is 6.54 Å². The van der Waals surface area contributed by atoms with Gasteiger partial charge in [-0.05, 0) is 24.6 Å². The zero-order valence-corrected chi connectivity index (χ0v) is 11.8. The number of carbonyl (C=O) groups is 1. The first-order valence-electron chi connectivity index (χ1n) is 6.08. The van der Waals surface area contributed by atoms with Crippen LogP contribution in [0.3, 0.4) is 0 Å². The third kappa shape index (κ3) is 3.92. The van der Waals surface area contributed by atoms with E-state index >= 15 is 0 Å². The predicted octanol–water partition coefficient (Wildman–Crippen LogP) is 1.73. The first-order valence-corrected chi connectivity index (χ1v) is 6.96. The second-order valence-corrected chi connectivity index (χ2v) is 5.15. The molecule has 2 aromatic rings. The topological polar surface area (TPSA) is 62.2 Å². The molecule has 0 aliphatic carbocycles. The maximum Gasteiger partial charge on any atom is 0.271 e. The lowest BCUT2D eigenvalue weighted by Crippen LogP contribution is -2.23. The molecule has 0 aliphatic heterocycles. The fourth-order valence-electron chi connectivity index (χ4n) is 1.59. The Morgan fingerprint density at radius 3 is 2.75 bits per heavy atom. The van der Waals surface area contributed by atoms with E-state index in [1.807, 2.05) is 31.2 Å². The van der Waals surface area contributed by atoms with Gasteiger partial charge >= 0.3 is 0 Å². The molecule has 0 bridgehead atoms. The minimum atomic E-state index is -0.168. The fourth-order valence-corrected chi connectivity index (χ4v) is 2.18. The van der Waals surface area contributed by atoms with Gasteiger partial charge < -0.3 is 10.4 Å². The van der Waals surface area contributed by atoms with Crippen molar-refractivity contribution < 1.29 is 9.90 Å². The number of aliphatic hydroxyl groups excluding tert-OH is 1. The summed E-state index contributed by atoms with van der Waals surface area (Å²) in [6.07, 6.45) is 0. The first kappa shape index (κ1) is 14.3. The van der Waals surface area contributed by atoms with Crippen LogP contribution in [0.1, 0.15) is 26.6 Å². The van der Waals surface area contributed by atoms with Gasteiger partial charge in [0.15, 0.2) is 0 Å². The van der Waals surface area contributed by atoms with Crippen LogP contribution in [0, 0.1) is 18.8 Å². The van der Waals surface area contributed by atoms with Crippen molar-refractivity contribution in [2.45, 2.75) is 13.5 Å². The van der Waals surface area contributed by atoms with Gasteiger partial charge in [-0.15, -0.1) is 11.3 Å². The van der Waals surface area contributed by atoms with Crippen LogP contribution in [0.2, 0.25) is 0 Å². The molecule has 102 valence electrons. The highest BCUT2D eigenvalue weighted by Gasteiger charge is 2.08. The van der Waals surface area contributed by atoms with Crippen molar-refractivity contribution in [3.8, 4) is 11.8 Å². The second kappa shape index (κ2) is 6.85. The van der Waals surface area contributed by atoms with Gasteiger partial charge in [0.05, 0.1) is 5.01 Å². The minimum absolute atomic E-state index is 0.148. The van der Waals surface area contributed by atoms with Crippen LogP contribution in [0.4, 0.5) is 0 Å². The van der Waals surface area contributed by atoms with Gasteiger partial charge in [0.25, 0.3) is 5.91 Å². The molecule has 2 N–H and O–H groups in total. The number of hydrogen-bond acceptors (Lipinski definition) is 4. The largest absolute Gasteiger partial charge is 0.384 e. The minimum Gasteiger partial charge on any atom is -0.384 e. The van der Waals surface area contributed by atoms with Crippen molar-refractivity contribution >= 4 is 17.2 Å². The van der Waals surface area contributed by atoms with Crippen LogP contribution < -0.4 is 5.32 Å². The number of nitrogens with zero attached hydrogens (tertiary/aromatic N) is 1. The number of carbonyl (C=O) groups excluding carboxylic acids is 1. The molecule has 0 fully saturated rings. The Morgan fingerprint density at radius 2 is 2.15 bits per heavy atom. The Balaban J connectivity index is 1.92. The fraction of sp³-hybridized carbons (Fsp3) is 0.200. The zero-order valence-electron chi connectivity index (χ0n) is 11.0. The van der Waals surface area contributed by atoms with E-state index in [9.17, 15) is 4.79 Å². The molecule has 5 heteroatoms. The Morgan fingerprint density at radius 1 is 1.40 bits per heavy atom. The molecule has 2 rings (SSSR count). The van der Waals surface area contributed by atoms with Crippen molar-refractivity contribution in [1.29, 1.82) is 0 Å². The molecule has 0 saturated carbocycles. The normalized spacial score (nSPS) is 9.70. The Kier molecular flexibility index (Phi) is 4.88. The molecular formula is C15H14N2O2S. The maximum absolute atomic E-state index is 11.8. The number of benzene rings is 1. The van der Waals surface area contributed by atoms with Gasteiger partial charge in [0, 0.05) is 17.5 Å². The summed E-state index contributed by atoms with van der Waals surface area (Å²) in [5, 5.41) is 14.1. The average Bonchev–Trinajstić information content (AvgIpc) is 2.90. The Bertz CT molecular complexity index is 651. The van der Waals surface area contributed by atoms with Crippen LogP contribution in [-0.4, -0.2) is 22.6 Å². The highest BCUT2D eigenvalue weighted by atomic mass is 32.1. The maximum atomic E-state index is 11.8. The summed E-state index contributed by atoms with van der Waals surface area (Å²) in [4.78, 5) is 16.0. The van der Waals surface area contributed by atoms with E-state index in [-0.39, 0.29) is 12.5 Å². The van der Waals surface area contributed by atoms with Gasteiger partial charge in [-0.1, -0.05) is 24.0 Å². The van der Waals surface area contributed by atoms with Crippen LogP contribution in [0.15, 0.2) is 29.6 Å². The monoisotopic (exact) mass is 286 g/mol. The number of aromatic nitrogens is 1. The molecule has 0 saturated heterocycles. The molecule has 1 aromatic carbocycles. The van der Waals surface area contributed by atoms with Crippen LogP contribution >= 0.6 is 11.3 Å². The summed E-state index contributed by atoms with van der Waals surface area (Å²) < 4.78 is 0. The highest BCUT2D eigenvalue weighted by Crippen LogP contribution is 2.08. The summed E-state index contributed by atoms with van der Waals surface area (Å²) in [5.41, 5.74) is 2.28. The third-order valence-electron chi connectivity index (χ3n) is 2.57. The lowest BCUT2D eigenvalue weighted by molar-refractivity contribution is 0.0946. The number of rotatable bonds is 3. The number of aliphatic hydroxyl groups is 1. The predicted molar refractivity (Wildman–Crippen MR) is 78.4 cm³/mol. The Labute approximate surface area is 121 Å². The molecule has 0 atom stereocenters. The lowest BCUT2D eigenvalue weighted by Gasteiger charge is -2.03. The molecule has 0 radical (unpaired) electrons. The summed E-state index contributed by atoms with van der Waals surface area (Å²) in [7, 11) is 0. The van der Waals surface area contributed by atoms with Crippen molar-refractivity contribution in [3.63, 3.8) is 0 Å². The second-order valence-electron chi connectivity index (χ2n) is 4.09. The van der Waals surface area contributed by atoms with Crippen molar-refractivity contribution in [1.82, 2.24) is 10.3 Å². The quantitative estimate of drug-likeness (QED) is 0.845. The van der Waals surface area contributed by atoms with E-state index in [0.717, 1.165) is 16.1 Å². The molecule has 1 aromatic heterocycles. The summed E-state index contributed by atoms with van der Waals surface area (Å²) in [5.74, 6) is 5.24. The van der Waals surface area contributed by atoms with E-state index < -0.39 is 0 Å². The molecule has 20 heavy (non-hydrogen) atoms. The van der Waals surface area contributed by atoms with Crippen molar-refractivity contribution in [2.75, 3.05) is 6.61 Å². The smallest absolute Gasteiger partial charge is 0.271 e. The van der Waals surface area contributed by atoms with Gasteiger partial charge in [0.1, 0.15) is 12.3 Å². The number of nitrogens with one attached hydrogen (secondary N) is 1. The number of hydrogen-bond donors (Lipinski definition) is 2. The molecule has 4 nitrogen and oxygen atoms in total. The van der Waals surface area contributed by atoms with Gasteiger partial charge in [-0.3, -0.25) is 4.79 Å². The van der Waals surface area contributed by atoms with Gasteiger partial charge in [-0.2, -0.15) is 0 Å². The molecular weight excluding hydrogens is 272 g/mol. The van der Waals surface area contributed by atoms with Crippen molar-refractivity contribution in [2.24, 2.45) is 0 Å². The van der Waals surface area contributed by atoms with E-state index in [2.05, 4.69) is 22.1 Å². The highest BCUT2D eigenvalue weighted by molar-refractivity contribution is 7.09. The number of amides is 1. The lowest BCUT2D eigenvalue weighted by atomic mass is 10.1. The first-order chi connectivity index (χ1) is 9.69. The van der Waals surface area contributed by atoms with E-state index in [1.54, 1.807) is 5.38 Å². The number of aryl methyl sites for hydroxylation is 1. The molecule has 1 heterocycles. The van der Waals surface area contributed by atoms with E-state index in [0.29, 0.717) is 12.2 Å². The Hall–Kier alpha value is -2.16. The summed E-state index contributed by atoms with van der Waals surface area (Å²) >= 11 is 1.46. The molecule has 1 amide bonds. The molecule has 0 unspecified atom stereocenters. The van der Waals surface area contributed by atoms with Gasteiger partial charge in [0.2, 0.25) is 0 Å². The van der Waals surface area contributed by atoms with E-state index in [4.69, 9.17) is 5.11 Å². The van der Waals surface area contributed by atoms with Crippen LogP contribution in [0.5, 0.6) is 0 Å². The summed E-state index contributed by atoms with van der Waals surface area (Å²) in [6, 6.07) is 7.51. The number of thiazole rings is 1. The molecule has 0 spiro atoms. The third-order valence-corrected chi connectivity index (χ3v) is 3.34. The molecule has 0 aliphatic rings.